The van der Waals surface area contributed by atoms with Crippen LogP contribution in [0.5, 0.6) is 5.75 Å². The van der Waals surface area contributed by atoms with E-state index in [1.165, 1.54) is 23.5 Å². The third-order valence-electron chi connectivity index (χ3n) is 3.76. The van der Waals surface area contributed by atoms with E-state index < -0.39 is 10.0 Å². The molecule has 0 unspecified atom stereocenters. The van der Waals surface area contributed by atoms with Gasteiger partial charge in [0.05, 0.1) is 17.6 Å². The predicted molar refractivity (Wildman–Crippen MR) is 107 cm³/mol. The lowest BCUT2D eigenvalue weighted by molar-refractivity contribution is 0.102. The van der Waals surface area contributed by atoms with E-state index in [1.807, 2.05) is 6.92 Å². The van der Waals surface area contributed by atoms with Crippen molar-refractivity contribution in [1.29, 1.82) is 0 Å². The Labute approximate surface area is 161 Å². The van der Waals surface area contributed by atoms with Crippen LogP contribution in [-0.4, -0.2) is 21.4 Å². The molecule has 3 rings (SSSR count). The maximum absolute atomic E-state index is 12.5. The topological polar surface area (TPSA) is 84.5 Å². The number of aryl methyl sites for hydroxylation is 1. The number of amides is 1. The molecule has 27 heavy (non-hydrogen) atoms. The normalized spacial score (nSPS) is 11.0. The van der Waals surface area contributed by atoms with Crippen molar-refractivity contribution in [1.82, 2.24) is 0 Å². The molecule has 0 aliphatic carbocycles. The van der Waals surface area contributed by atoms with Gasteiger partial charge in [-0.1, -0.05) is 0 Å². The summed E-state index contributed by atoms with van der Waals surface area (Å²) in [6.45, 7) is 1.93. The van der Waals surface area contributed by atoms with E-state index in [1.54, 1.807) is 55.0 Å². The standard InChI is InChI=1S/C19H18N2O4S2/c1-13-11-14(12-26-13)19(22)20-15-5-9-18(10-6-15)27(23,24)21-16-3-7-17(25-2)8-4-16/h3-12,21H,1-2H3,(H,20,22). The van der Waals surface area contributed by atoms with Gasteiger partial charge >= 0.3 is 0 Å². The summed E-state index contributed by atoms with van der Waals surface area (Å²) >= 11 is 1.50. The van der Waals surface area contributed by atoms with Crippen LogP contribution in [0.1, 0.15) is 15.2 Å². The summed E-state index contributed by atoms with van der Waals surface area (Å²) in [5.41, 5.74) is 1.53. The first-order chi connectivity index (χ1) is 12.9. The molecule has 0 aliphatic heterocycles. The molecule has 1 aromatic heterocycles. The fourth-order valence-electron chi connectivity index (χ4n) is 2.36. The molecule has 0 spiro atoms. The lowest BCUT2D eigenvalue weighted by atomic mass is 10.2. The Morgan fingerprint density at radius 2 is 1.63 bits per heavy atom. The van der Waals surface area contributed by atoms with Gasteiger partial charge in [0.15, 0.2) is 0 Å². The number of hydrogen-bond acceptors (Lipinski definition) is 5. The van der Waals surface area contributed by atoms with E-state index in [0.717, 1.165) is 4.88 Å². The molecule has 2 N–H and O–H groups in total. The van der Waals surface area contributed by atoms with Gasteiger partial charge in [-0.15, -0.1) is 11.3 Å². The van der Waals surface area contributed by atoms with Gasteiger partial charge in [-0.2, -0.15) is 0 Å². The molecule has 0 saturated carbocycles. The molecule has 0 bridgehead atoms. The van der Waals surface area contributed by atoms with Crippen LogP contribution in [0.3, 0.4) is 0 Å². The molecule has 0 fully saturated rings. The molecule has 8 heteroatoms. The van der Waals surface area contributed by atoms with Crippen molar-refractivity contribution < 1.29 is 17.9 Å². The number of ether oxygens (including phenoxy) is 1. The SMILES string of the molecule is COc1ccc(NS(=O)(=O)c2ccc(NC(=O)c3csc(C)c3)cc2)cc1. The second kappa shape index (κ2) is 7.81. The summed E-state index contributed by atoms with van der Waals surface area (Å²) in [4.78, 5) is 13.3. The van der Waals surface area contributed by atoms with Crippen LogP contribution < -0.4 is 14.8 Å². The van der Waals surface area contributed by atoms with E-state index in [4.69, 9.17) is 4.74 Å². The quantitative estimate of drug-likeness (QED) is 0.650. The highest BCUT2D eigenvalue weighted by Crippen LogP contribution is 2.21. The number of nitrogens with one attached hydrogen (secondary N) is 2. The van der Waals surface area contributed by atoms with Gasteiger partial charge in [-0.3, -0.25) is 9.52 Å². The van der Waals surface area contributed by atoms with Crippen molar-refractivity contribution in [3.8, 4) is 5.75 Å². The summed E-state index contributed by atoms with van der Waals surface area (Å²) in [6, 6.07) is 14.4. The minimum absolute atomic E-state index is 0.0997. The van der Waals surface area contributed by atoms with Crippen molar-refractivity contribution in [2.24, 2.45) is 0 Å². The molecule has 2 aromatic carbocycles. The van der Waals surface area contributed by atoms with Gasteiger partial charge in [-0.25, -0.2) is 8.42 Å². The number of rotatable bonds is 6. The third kappa shape index (κ3) is 4.66. The van der Waals surface area contributed by atoms with Gasteiger partial charge in [0.1, 0.15) is 5.75 Å². The predicted octanol–water partition coefficient (Wildman–Crippen LogP) is 4.12. The van der Waals surface area contributed by atoms with Gasteiger partial charge in [0.2, 0.25) is 0 Å². The van der Waals surface area contributed by atoms with Crippen molar-refractivity contribution >= 4 is 38.6 Å². The van der Waals surface area contributed by atoms with Crippen LogP contribution in [0, 0.1) is 6.92 Å². The van der Waals surface area contributed by atoms with E-state index in [9.17, 15) is 13.2 Å². The van der Waals surface area contributed by atoms with E-state index in [0.29, 0.717) is 22.7 Å². The summed E-state index contributed by atoms with van der Waals surface area (Å²) in [5.74, 6) is 0.408. The number of sulfonamides is 1. The number of thiophene rings is 1. The number of methoxy groups -OCH3 is 1. The van der Waals surface area contributed by atoms with Crippen LogP contribution in [-0.2, 0) is 10.0 Å². The molecule has 3 aromatic rings. The van der Waals surface area contributed by atoms with Crippen molar-refractivity contribution in [2.45, 2.75) is 11.8 Å². The van der Waals surface area contributed by atoms with Crippen LogP contribution in [0.2, 0.25) is 0 Å². The molecular formula is C19H18N2O4S2. The van der Waals surface area contributed by atoms with Crippen LogP contribution in [0.4, 0.5) is 11.4 Å². The monoisotopic (exact) mass is 402 g/mol. The maximum atomic E-state index is 12.5. The Morgan fingerprint density at radius 3 is 2.19 bits per heavy atom. The van der Waals surface area contributed by atoms with E-state index >= 15 is 0 Å². The third-order valence-corrected chi connectivity index (χ3v) is 6.02. The second-order valence-electron chi connectivity index (χ2n) is 5.76. The molecule has 0 radical (unpaired) electrons. The minimum Gasteiger partial charge on any atom is -0.497 e. The molecule has 1 amide bonds. The lowest BCUT2D eigenvalue weighted by Crippen LogP contribution is -2.14. The summed E-state index contributed by atoms with van der Waals surface area (Å²) in [6.07, 6.45) is 0. The van der Waals surface area contributed by atoms with Gasteiger partial charge in [-0.05, 0) is 61.5 Å². The molecule has 0 atom stereocenters. The van der Waals surface area contributed by atoms with E-state index in [2.05, 4.69) is 10.0 Å². The summed E-state index contributed by atoms with van der Waals surface area (Å²) < 4.78 is 32.5. The maximum Gasteiger partial charge on any atom is 0.261 e. The first-order valence-electron chi connectivity index (χ1n) is 8.01. The lowest BCUT2D eigenvalue weighted by Gasteiger charge is -2.10. The van der Waals surface area contributed by atoms with Crippen LogP contribution >= 0.6 is 11.3 Å². The molecular weight excluding hydrogens is 384 g/mol. The fourth-order valence-corrected chi connectivity index (χ4v) is 4.10. The number of hydrogen-bond donors (Lipinski definition) is 2. The minimum atomic E-state index is -3.73. The average molecular weight is 402 g/mol. The Hall–Kier alpha value is -2.84. The van der Waals surface area contributed by atoms with Crippen LogP contribution in [0.25, 0.3) is 0 Å². The first-order valence-corrected chi connectivity index (χ1v) is 10.4. The molecule has 1 heterocycles. The number of anilines is 2. The molecule has 0 saturated heterocycles. The zero-order valence-corrected chi connectivity index (χ0v) is 16.4. The number of carbonyl (C=O) groups excluding carboxylic acids is 1. The molecule has 140 valence electrons. The van der Waals surface area contributed by atoms with Crippen molar-refractivity contribution in [2.75, 3.05) is 17.1 Å². The molecule has 6 nitrogen and oxygen atoms in total. The van der Waals surface area contributed by atoms with Gasteiger partial charge in [0.25, 0.3) is 15.9 Å². The zero-order valence-electron chi connectivity index (χ0n) is 14.7. The Morgan fingerprint density at radius 1 is 1.00 bits per heavy atom. The van der Waals surface area contributed by atoms with Crippen molar-refractivity contribution in [3.63, 3.8) is 0 Å². The highest BCUT2D eigenvalue weighted by Gasteiger charge is 2.15. The smallest absolute Gasteiger partial charge is 0.261 e. The molecule has 0 aliphatic rings. The Balaban J connectivity index is 1.70. The van der Waals surface area contributed by atoms with Crippen molar-refractivity contribution in [3.05, 3.63) is 70.4 Å². The highest BCUT2D eigenvalue weighted by atomic mass is 32.2. The fraction of sp³-hybridized carbons (Fsp3) is 0.105. The first kappa shape index (κ1) is 18.9. The van der Waals surface area contributed by atoms with Crippen LogP contribution in [0.15, 0.2) is 64.9 Å². The summed E-state index contributed by atoms with van der Waals surface area (Å²) in [5, 5.41) is 4.53. The Bertz CT molecular complexity index is 1040. The number of carbonyl (C=O) groups is 1. The van der Waals surface area contributed by atoms with E-state index in [-0.39, 0.29) is 10.8 Å². The Kier molecular flexibility index (Phi) is 5.48. The second-order valence-corrected chi connectivity index (χ2v) is 8.56. The summed E-state index contributed by atoms with van der Waals surface area (Å²) in [7, 11) is -2.19. The average Bonchev–Trinajstić information content (AvgIpc) is 3.09. The highest BCUT2D eigenvalue weighted by molar-refractivity contribution is 7.92. The van der Waals surface area contributed by atoms with Gasteiger partial charge in [0, 0.05) is 21.6 Å². The number of benzene rings is 2. The largest absolute Gasteiger partial charge is 0.497 e. The van der Waals surface area contributed by atoms with Gasteiger partial charge < -0.3 is 10.1 Å². The zero-order chi connectivity index (χ0) is 19.4.